The SMILES string of the molecule is O=C(NN1CCCCC1)[C@@H](Cc1ccccc1)C[C@H](O)CNS(=O)(=O)c1ccc([N+](=O)[O-])cc1. The third kappa shape index (κ3) is 7.59. The molecule has 0 aliphatic carbocycles. The molecule has 2 atom stereocenters. The van der Waals surface area contributed by atoms with Gasteiger partial charge in [-0.2, -0.15) is 0 Å². The average Bonchev–Trinajstić information content (AvgIpc) is 2.84. The van der Waals surface area contributed by atoms with Crippen LogP contribution in [-0.2, 0) is 21.2 Å². The van der Waals surface area contributed by atoms with Crippen LogP contribution in [0.25, 0.3) is 0 Å². The van der Waals surface area contributed by atoms with Crippen molar-refractivity contribution < 1.29 is 23.2 Å². The highest BCUT2D eigenvalue weighted by Crippen LogP contribution is 2.18. The summed E-state index contributed by atoms with van der Waals surface area (Å²) in [6.45, 7) is 1.27. The highest BCUT2D eigenvalue weighted by Gasteiger charge is 2.26. The number of non-ortho nitro benzene ring substituents is 1. The molecule has 0 radical (unpaired) electrons. The zero-order chi connectivity index (χ0) is 24.6. The van der Waals surface area contributed by atoms with Crippen LogP contribution < -0.4 is 10.1 Å². The van der Waals surface area contributed by atoms with E-state index in [0.717, 1.165) is 62.2 Å². The number of carbonyl (C=O) groups is 1. The van der Waals surface area contributed by atoms with Gasteiger partial charge in [-0.1, -0.05) is 36.8 Å². The van der Waals surface area contributed by atoms with Crippen LogP contribution in [0.5, 0.6) is 0 Å². The van der Waals surface area contributed by atoms with Gasteiger partial charge in [-0.15, -0.1) is 0 Å². The number of benzene rings is 2. The van der Waals surface area contributed by atoms with Gasteiger partial charge >= 0.3 is 0 Å². The normalized spacial score (nSPS) is 16.5. The number of carbonyl (C=O) groups excluding carboxylic acids is 1. The molecule has 34 heavy (non-hydrogen) atoms. The van der Waals surface area contributed by atoms with Crippen molar-refractivity contribution in [3.8, 4) is 0 Å². The third-order valence-electron chi connectivity index (χ3n) is 5.74. The number of nitro groups is 1. The summed E-state index contributed by atoms with van der Waals surface area (Å²) in [5.41, 5.74) is 3.67. The maximum absolute atomic E-state index is 13.0. The lowest BCUT2D eigenvalue weighted by Gasteiger charge is -2.29. The first-order valence-corrected chi connectivity index (χ1v) is 12.7. The molecule has 0 unspecified atom stereocenters. The van der Waals surface area contributed by atoms with Crippen molar-refractivity contribution in [2.45, 2.75) is 43.1 Å². The quantitative estimate of drug-likeness (QED) is 0.323. The lowest BCUT2D eigenvalue weighted by molar-refractivity contribution is -0.384. The first-order chi connectivity index (χ1) is 16.2. The molecule has 1 fully saturated rings. The van der Waals surface area contributed by atoms with E-state index in [1.807, 2.05) is 35.3 Å². The zero-order valence-electron chi connectivity index (χ0n) is 18.8. The summed E-state index contributed by atoms with van der Waals surface area (Å²) in [5.74, 6) is -0.758. The molecule has 1 heterocycles. The van der Waals surface area contributed by atoms with Gasteiger partial charge in [-0.25, -0.2) is 18.1 Å². The summed E-state index contributed by atoms with van der Waals surface area (Å²) in [7, 11) is -3.98. The molecule has 10 nitrogen and oxygen atoms in total. The fraction of sp³-hybridized carbons (Fsp3) is 0.435. The fourth-order valence-electron chi connectivity index (χ4n) is 3.88. The summed E-state index contributed by atoms with van der Waals surface area (Å²) in [6.07, 6.45) is 2.53. The number of hydrazine groups is 1. The smallest absolute Gasteiger partial charge is 0.269 e. The summed E-state index contributed by atoms with van der Waals surface area (Å²) in [4.78, 5) is 23.0. The number of nitro benzene ring substituents is 1. The van der Waals surface area contributed by atoms with E-state index in [-0.39, 0.29) is 29.5 Å². The van der Waals surface area contributed by atoms with Crippen molar-refractivity contribution in [2.75, 3.05) is 19.6 Å². The highest BCUT2D eigenvalue weighted by atomic mass is 32.2. The van der Waals surface area contributed by atoms with Crippen molar-refractivity contribution in [1.82, 2.24) is 15.2 Å². The van der Waals surface area contributed by atoms with E-state index in [9.17, 15) is 28.4 Å². The van der Waals surface area contributed by atoms with E-state index in [1.54, 1.807) is 0 Å². The Hall–Kier alpha value is -2.86. The van der Waals surface area contributed by atoms with Gasteiger partial charge in [0.15, 0.2) is 0 Å². The number of hydrogen-bond acceptors (Lipinski definition) is 7. The second-order valence-corrected chi connectivity index (χ2v) is 10.2. The summed E-state index contributed by atoms with van der Waals surface area (Å²) >= 11 is 0. The maximum Gasteiger partial charge on any atom is 0.269 e. The number of rotatable bonds is 11. The van der Waals surface area contributed by atoms with Crippen molar-refractivity contribution in [2.24, 2.45) is 5.92 Å². The lowest BCUT2D eigenvalue weighted by Crippen LogP contribution is -2.48. The minimum atomic E-state index is -3.98. The number of sulfonamides is 1. The highest BCUT2D eigenvalue weighted by molar-refractivity contribution is 7.89. The van der Waals surface area contributed by atoms with E-state index in [4.69, 9.17) is 0 Å². The molecule has 184 valence electrons. The third-order valence-corrected chi connectivity index (χ3v) is 7.18. The molecule has 0 spiro atoms. The Morgan fingerprint density at radius 3 is 2.32 bits per heavy atom. The number of aliphatic hydroxyl groups is 1. The van der Waals surface area contributed by atoms with Gasteiger partial charge in [0.05, 0.1) is 15.9 Å². The number of aliphatic hydroxyl groups excluding tert-OH is 1. The molecule has 2 aromatic rings. The number of hydrogen-bond donors (Lipinski definition) is 3. The van der Waals surface area contributed by atoms with Crippen LogP contribution in [0.4, 0.5) is 5.69 Å². The molecule has 11 heteroatoms. The van der Waals surface area contributed by atoms with E-state index in [1.165, 1.54) is 0 Å². The van der Waals surface area contributed by atoms with Crippen molar-refractivity contribution in [3.63, 3.8) is 0 Å². The van der Waals surface area contributed by atoms with Crippen molar-refractivity contribution >= 4 is 21.6 Å². The Labute approximate surface area is 199 Å². The van der Waals surface area contributed by atoms with Gasteiger partial charge < -0.3 is 5.11 Å². The first-order valence-electron chi connectivity index (χ1n) is 11.3. The number of nitrogens with one attached hydrogen (secondary N) is 2. The van der Waals surface area contributed by atoms with Gasteiger partial charge in [-0.3, -0.25) is 20.3 Å². The van der Waals surface area contributed by atoms with Gasteiger partial charge in [0.1, 0.15) is 0 Å². The molecule has 1 aliphatic heterocycles. The second kappa shape index (κ2) is 12.0. The van der Waals surface area contributed by atoms with Crippen LogP contribution >= 0.6 is 0 Å². The van der Waals surface area contributed by atoms with Crippen molar-refractivity contribution in [3.05, 3.63) is 70.3 Å². The monoisotopic (exact) mass is 490 g/mol. The summed E-state index contributed by atoms with van der Waals surface area (Å²) in [6, 6.07) is 13.9. The molecular formula is C23H30N4O6S. The molecule has 0 bridgehead atoms. The summed E-state index contributed by atoms with van der Waals surface area (Å²) < 4.78 is 27.3. The second-order valence-electron chi connectivity index (χ2n) is 8.40. The average molecular weight is 491 g/mol. The molecular weight excluding hydrogens is 460 g/mol. The topological polar surface area (TPSA) is 142 Å². The standard InChI is InChI=1S/C23H30N4O6S/c28-21(17-24-34(32,33)22-11-9-20(10-12-22)27(30)31)16-19(15-18-7-3-1-4-8-18)23(29)25-26-13-5-2-6-14-26/h1,3-4,7-12,19,21,24,28H,2,5-6,13-17H2,(H,25,29)/t19-,21-/m0/s1. The van der Waals surface area contributed by atoms with E-state index in [2.05, 4.69) is 10.1 Å². The fourth-order valence-corrected chi connectivity index (χ4v) is 4.96. The first kappa shape index (κ1) is 25.8. The maximum atomic E-state index is 13.0. The zero-order valence-corrected chi connectivity index (χ0v) is 19.6. The van der Waals surface area contributed by atoms with Gasteiger partial charge in [0.2, 0.25) is 15.9 Å². The molecule has 0 saturated carbocycles. The predicted molar refractivity (Wildman–Crippen MR) is 126 cm³/mol. The molecule has 3 N–H and O–H groups in total. The van der Waals surface area contributed by atoms with Crippen LogP contribution in [0.1, 0.15) is 31.2 Å². The van der Waals surface area contributed by atoms with E-state index in [0.29, 0.717) is 6.42 Å². The van der Waals surface area contributed by atoms with Crippen LogP contribution in [0.3, 0.4) is 0 Å². The Balaban J connectivity index is 1.62. The van der Waals surface area contributed by atoms with Gasteiger partial charge in [0, 0.05) is 37.7 Å². The Kier molecular flexibility index (Phi) is 9.11. The lowest BCUT2D eigenvalue weighted by atomic mass is 9.93. The molecule has 1 aliphatic rings. The number of amides is 1. The van der Waals surface area contributed by atoms with Gasteiger partial charge in [0.25, 0.3) is 5.69 Å². The molecule has 3 rings (SSSR count). The van der Waals surface area contributed by atoms with Crippen LogP contribution in [0.15, 0.2) is 59.5 Å². The molecule has 2 aromatic carbocycles. The minimum absolute atomic E-state index is 0.0668. The number of piperidine rings is 1. The van der Waals surface area contributed by atoms with Crippen LogP contribution in [0.2, 0.25) is 0 Å². The summed E-state index contributed by atoms with van der Waals surface area (Å²) in [5, 5.41) is 23.2. The van der Waals surface area contributed by atoms with E-state index >= 15 is 0 Å². The van der Waals surface area contributed by atoms with Crippen LogP contribution in [-0.4, -0.2) is 55.1 Å². The van der Waals surface area contributed by atoms with E-state index < -0.39 is 27.0 Å². The number of nitrogens with zero attached hydrogens (tertiary/aromatic N) is 2. The molecule has 1 amide bonds. The minimum Gasteiger partial charge on any atom is -0.392 e. The molecule has 1 saturated heterocycles. The predicted octanol–water partition coefficient (Wildman–Crippen LogP) is 2.00. The Morgan fingerprint density at radius 2 is 1.71 bits per heavy atom. The molecule has 0 aromatic heterocycles. The van der Waals surface area contributed by atoms with Crippen LogP contribution in [0, 0.1) is 16.0 Å². The van der Waals surface area contributed by atoms with Gasteiger partial charge in [-0.05, 0) is 43.4 Å². The Bertz CT molecular complexity index is 1060. The Morgan fingerprint density at radius 1 is 1.06 bits per heavy atom. The van der Waals surface area contributed by atoms with Crippen molar-refractivity contribution in [1.29, 1.82) is 0 Å². The largest absolute Gasteiger partial charge is 0.392 e.